The van der Waals surface area contributed by atoms with Crippen molar-refractivity contribution in [2.75, 3.05) is 11.9 Å². The summed E-state index contributed by atoms with van der Waals surface area (Å²) in [6.45, 7) is 3.10. The van der Waals surface area contributed by atoms with E-state index in [2.05, 4.69) is 40.9 Å². The molecule has 0 saturated heterocycles. The Bertz CT molecular complexity index is 922. The van der Waals surface area contributed by atoms with Crippen molar-refractivity contribution in [3.8, 4) is 22.9 Å². The Morgan fingerprint density at radius 1 is 1.32 bits per heavy atom. The first-order chi connectivity index (χ1) is 12.3. The third-order valence-electron chi connectivity index (χ3n) is 5.10. The van der Waals surface area contributed by atoms with Crippen LogP contribution in [0.2, 0.25) is 0 Å². The second kappa shape index (κ2) is 6.93. The molecule has 0 amide bonds. The number of nitrogens with zero attached hydrogens (tertiary/aromatic N) is 2. The van der Waals surface area contributed by atoms with Crippen molar-refractivity contribution in [1.29, 1.82) is 0 Å². The first-order valence-corrected chi connectivity index (χ1v) is 9.91. The van der Waals surface area contributed by atoms with Gasteiger partial charge in [0.05, 0.1) is 4.88 Å². The number of pyridine rings is 1. The fraction of sp³-hybridized carbons (Fsp3) is 0.381. The first-order valence-electron chi connectivity index (χ1n) is 9.03. The van der Waals surface area contributed by atoms with E-state index in [0.29, 0.717) is 0 Å². The van der Waals surface area contributed by atoms with Crippen LogP contribution in [0.4, 0.5) is 5.82 Å². The Morgan fingerprint density at radius 3 is 2.96 bits per heavy atom. The molecule has 0 radical (unpaired) electrons. The van der Waals surface area contributed by atoms with Gasteiger partial charge in [0, 0.05) is 18.3 Å². The molecule has 0 unspecified atom stereocenters. The number of aryl methyl sites for hydroxylation is 1. The summed E-state index contributed by atoms with van der Waals surface area (Å²) in [7, 11) is 0. The molecule has 0 bridgehead atoms. The monoisotopic (exact) mass is 349 g/mol. The topological polar surface area (TPSA) is 29.3 Å². The van der Waals surface area contributed by atoms with E-state index in [4.69, 9.17) is 11.4 Å². The van der Waals surface area contributed by atoms with Crippen LogP contribution in [-0.4, -0.2) is 15.9 Å². The Kier molecular flexibility index (Phi) is 4.50. The molecule has 1 aliphatic carbocycles. The Labute approximate surface area is 153 Å². The maximum absolute atomic E-state index is 5.69. The first kappa shape index (κ1) is 16.2. The summed E-state index contributed by atoms with van der Waals surface area (Å²) in [5.74, 6) is 4.62. The predicted octanol–water partition coefficient (Wildman–Crippen LogP) is 5.34. The smallest absolute Gasteiger partial charge is 0.139 e. The van der Waals surface area contributed by atoms with Crippen LogP contribution in [-0.2, 0) is 0 Å². The number of thiophene rings is 1. The number of anilines is 1. The standard InChI is InChI=1S/C21H23N3S/c1-3-17-10-12-25-20(17)19-21(22-14-16-7-5-4-6-8-16)24-11-9-15(2)13-18(24)23-19/h1,9-13,16,22H,4-8,14H2,2H3. The summed E-state index contributed by atoms with van der Waals surface area (Å²) in [5.41, 5.74) is 4.08. The molecule has 4 rings (SSSR count). The van der Waals surface area contributed by atoms with Gasteiger partial charge in [-0.05, 0) is 54.8 Å². The van der Waals surface area contributed by atoms with Crippen molar-refractivity contribution in [3.63, 3.8) is 0 Å². The van der Waals surface area contributed by atoms with Gasteiger partial charge in [-0.2, -0.15) is 0 Å². The quantitative estimate of drug-likeness (QED) is 0.644. The molecule has 128 valence electrons. The molecule has 0 spiro atoms. The van der Waals surface area contributed by atoms with Crippen molar-refractivity contribution in [3.05, 3.63) is 40.9 Å². The van der Waals surface area contributed by atoms with E-state index >= 15 is 0 Å². The second-order valence-corrected chi connectivity index (χ2v) is 7.85. The van der Waals surface area contributed by atoms with Crippen molar-refractivity contribution in [2.24, 2.45) is 5.92 Å². The lowest BCUT2D eigenvalue weighted by atomic mass is 9.89. The summed E-state index contributed by atoms with van der Waals surface area (Å²) in [4.78, 5) is 5.98. The molecule has 1 aliphatic rings. The fourth-order valence-electron chi connectivity index (χ4n) is 3.71. The van der Waals surface area contributed by atoms with Gasteiger partial charge < -0.3 is 5.32 Å². The lowest BCUT2D eigenvalue weighted by Crippen LogP contribution is -2.18. The van der Waals surface area contributed by atoms with Crippen LogP contribution < -0.4 is 5.32 Å². The predicted molar refractivity (Wildman–Crippen MR) is 106 cm³/mol. The van der Waals surface area contributed by atoms with Gasteiger partial charge in [-0.25, -0.2) is 4.98 Å². The molecule has 0 atom stereocenters. The Balaban J connectivity index is 1.74. The number of rotatable bonds is 4. The number of imidazole rings is 1. The largest absolute Gasteiger partial charge is 0.369 e. The molecule has 1 fully saturated rings. The van der Waals surface area contributed by atoms with Crippen LogP contribution >= 0.6 is 11.3 Å². The van der Waals surface area contributed by atoms with Crippen molar-refractivity contribution < 1.29 is 0 Å². The van der Waals surface area contributed by atoms with Gasteiger partial charge in [0.25, 0.3) is 0 Å². The highest BCUT2D eigenvalue weighted by molar-refractivity contribution is 7.13. The third-order valence-corrected chi connectivity index (χ3v) is 6.02. The van der Waals surface area contributed by atoms with Gasteiger partial charge in [0.1, 0.15) is 17.2 Å². The molecule has 3 nitrogen and oxygen atoms in total. The molecule has 0 aliphatic heterocycles. The summed E-state index contributed by atoms with van der Waals surface area (Å²) < 4.78 is 2.16. The number of fused-ring (bicyclic) bond motifs is 1. The summed E-state index contributed by atoms with van der Waals surface area (Å²) >= 11 is 1.66. The van der Waals surface area contributed by atoms with Gasteiger partial charge in [0.15, 0.2) is 0 Å². The summed E-state index contributed by atoms with van der Waals surface area (Å²) in [6, 6.07) is 6.25. The highest BCUT2D eigenvalue weighted by Gasteiger charge is 2.19. The average Bonchev–Trinajstić information content (AvgIpc) is 3.24. The average molecular weight is 350 g/mol. The zero-order valence-corrected chi connectivity index (χ0v) is 15.4. The maximum Gasteiger partial charge on any atom is 0.139 e. The zero-order valence-electron chi connectivity index (χ0n) is 14.6. The number of nitrogens with one attached hydrogen (secondary N) is 1. The lowest BCUT2D eigenvalue weighted by molar-refractivity contribution is 0.373. The van der Waals surface area contributed by atoms with Crippen LogP contribution in [0.1, 0.15) is 43.2 Å². The highest BCUT2D eigenvalue weighted by atomic mass is 32.1. The molecule has 0 aromatic carbocycles. The van der Waals surface area contributed by atoms with Gasteiger partial charge in [-0.1, -0.05) is 25.2 Å². The van der Waals surface area contributed by atoms with Crippen LogP contribution in [0.15, 0.2) is 29.8 Å². The third kappa shape index (κ3) is 3.17. The Morgan fingerprint density at radius 2 is 2.16 bits per heavy atom. The highest BCUT2D eigenvalue weighted by Crippen LogP contribution is 2.35. The van der Waals surface area contributed by atoms with Crippen LogP contribution in [0, 0.1) is 25.2 Å². The van der Waals surface area contributed by atoms with E-state index < -0.39 is 0 Å². The molecule has 3 heterocycles. The Hall–Kier alpha value is -2.25. The molecule has 3 aromatic heterocycles. The molecule has 3 aromatic rings. The molecule has 4 heteroatoms. The van der Waals surface area contributed by atoms with E-state index in [1.165, 1.54) is 37.7 Å². The van der Waals surface area contributed by atoms with E-state index in [9.17, 15) is 0 Å². The summed E-state index contributed by atoms with van der Waals surface area (Å²) in [5, 5.41) is 5.75. The molecule has 25 heavy (non-hydrogen) atoms. The fourth-order valence-corrected chi connectivity index (χ4v) is 4.56. The number of hydrogen-bond acceptors (Lipinski definition) is 3. The number of terminal acetylenes is 1. The van der Waals surface area contributed by atoms with E-state index in [1.807, 2.05) is 11.4 Å². The van der Waals surface area contributed by atoms with Crippen LogP contribution in [0.3, 0.4) is 0 Å². The van der Waals surface area contributed by atoms with E-state index in [1.54, 1.807) is 11.3 Å². The van der Waals surface area contributed by atoms with E-state index in [0.717, 1.165) is 40.1 Å². The molecular weight excluding hydrogens is 326 g/mol. The van der Waals surface area contributed by atoms with Crippen LogP contribution in [0.25, 0.3) is 16.2 Å². The van der Waals surface area contributed by atoms with Gasteiger partial charge in [0.2, 0.25) is 0 Å². The SMILES string of the molecule is C#Cc1ccsc1-c1nc2cc(C)ccn2c1NCC1CCCCC1. The minimum atomic E-state index is 0.757. The maximum atomic E-state index is 5.69. The molecule has 1 N–H and O–H groups in total. The van der Waals surface area contributed by atoms with Crippen molar-refractivity contribution in [2.45, 2.75) is 39.0 Å². The van der Waals surface area contributed by atoms with Gasteiger partial charge in [-0.3, -0.25) is 4.40 Å². The van der Waals surface area contributed by atoms with E-state index in [-0.39, 0.29) is 0 Å². The number of aromatic nitrogens is 2. The minimum Gasteiger partial charge on any atom is -0.369 e. The molecular formula is C21H23N3S. The number of hydrogen-bond donors (Lipinski definition) is 1. The normalized spacial score (nSPS) is 15.4. The summed E-state index contributed by atoms with van der Waals surface area (Å²) in [6.07, 6.45) is 14.6. The van der Waals surface area contributed by atoms with Crippen molar-refractivity contribution >= 4 is 22.8 Å². The van der Waals surface area contributed by atoms with Gasteiger partial charge >= 0.3 is 0 Å². The van der Waals surface area contributed by atoms with Crippen molar-refractivity contribution in [1.82, 2.24) is 9.38 Å². The zero-order chi connectivity index (χ0) is 17.2. The lowest BCUT2D eigenvalue weighted by Gasteiger charge is -2.22. The minimum absolute atomic E-state index is 0.757. The second-order valence-electron chi connectivity index (χ2n) is 6.93. The molecule has 1 saturated carbocycles. The van der Waals surface area contributed by atoms with Crippen LogP contribution in [0.5, 0.6) is 0 Å². The van der Waals surface area contributed by atoms with Gasteiger partial charge in [-0.15, -0.1) is 17.8 Å².